The Bertz CT molecular complexity index is 1570. The van der Waals surface area contributed by atoms with Crippen molar-refractivity contribution in [1.82, 2.24) is 9.80 Å². The number of halogens is 8. The average Bonchev–Trinajstić information content (AvgIpc) is 3.29. The molecule has 0 spiro atoms. The van der Waals surface area contributed by atoms with Gasteiger partial charge in [-0.2, -0.15) is 0 Å². The molecular weight excluding hydrogens is 660 g/mol. The summed E-state index contributed by atoms with van der Waals surface area (Å²) in [6, 6.07) is 6.71. The lowest BCUT2D eigenvalue weighted by molar-refractivity contribution is 0.0874. The van der Waals surface area contributed by atoms with Gasteiger partial charge in [0.1, 0.15) is 11.7 Å². The molecule has 5 rings (SSSR count). The number of hydrogen-bond donors (Lipinski definition) is 0. The van der Waals surface area contributed by atoms with Crippen LogP contribution in [0.4, 0.5) is 11.4 Å². The van der Waals surface area contributed by atoms with Crippen LogP contribution in [-0.4, -0.2) is 47.4 Å². The first-order valence-corrected chi connectivity index (χ1v) is 13.4. The number of hydrogen-bond acceptors (Lipinski definition) is 4. The minimum absolute atomic E-state index is 0.00920. The molecule has 0 aliphatic carbocycles. The van der Waals surface area contributed by atoms with Crippen molar-refractivity contribution >= 4 is 128 Å². The van der Waals surface area contributed by atoms with E-state index in [2.05, 4.69) is 9.98 Å². The molecule has 14 heteroatoms. The summed E-state index contributed by atoms with van der Waals surface area (Å²) in [6.07, 6.45) is 0. The second kappa shape index (κ2) is 10.0. The second-order valence-electron chi connectivity index (χ2n) is 8.13. The van der Waals surface area contributed by atoms with Crippen LogP contribution in [0.3, 0.4) is 0 Å². The van der Waals surface area contributed by atoms with Crippen molar-refractivity contribution in [3.8, 4) is 0 Å². The summed E-state index contributed by atoms with van der Waals surface area (Å²) in [5.74, 6) is -0.444. The zero-order valence-corrected chi connectivity index (χ0v) is 25.0. The molecule has 3 aromatic rings. The highest BCUT2D eigenvalue weighted by Gasteiger charge is 2.39. The van der Waals surface area contributed by atoms with E-state index in [0.29, 0.717) is 11.4 Å². The molecule has 0 saturated heterocycles. The van der Waals surface area contributed by atoms with Crippen LogP contribution in [-0.2, 0) is 0 Å². The van der Waals surface area contributed by atoms with E-state index >= 15 is 0 Å². The van der Waals surface area contributed by atoms with Crippen molar-refractivity contribution in [2.24, 2.45) is 9.98 Å². The summed E-state index contributed by atoms with van der Waals surface area (Å²) < 4.78 is 0. The molecule has 0 radical (unpaired) electrons. The molecule has 0 unspecified atom stereocenters. The summed E-state index contributed by atoms with van der Waals surface area (Å²) in [4.78, 5) is 37.7. The van der Waals surface area contributed by atoms with E-state index in [1.807, 2.05) is 0 Å². The van der Waals surface area contributed by atoms with Crippen LogP contribution >= 0.6 is 92.8 Å². The van der Waals surface area contributed by atoms with Gasteiger partial charge in [0.15, 0.2) is 0 Å². The van der Waals surface area contributed by atoms with E-state index < -0.39 is 11.8 Å². The second-order valence-corrected chi connectivity index (χ2v) is 11.2. The lowest BCUT2D eigenvalue weighted by Crippen LogP contribution is -2.25. The first-order valence-electron chi connectivity index (χ1n) is 10.4. The minimum Gasteiger partial charge on any atom is -0.295 e. The first-order chi connectivity index (χ1) is 17.9. The summed E-state index contributed by atoms with van der Waals surface area (Å²) in [5.41, 5.74) is 1.56. The van der Waals surface area contributed by atoms with Crippen molar-refractivity contribution in [3.05, 3.63) is 86.7 Å². The van der Waals surface area contributed by atoms with Gasteiger partial charge in [0, 0.05) is 14.1 Å². The van der Waals surface area contributed by atoms with Gasteiger partial charge in [-0.3, -0.25) is 19.4 Å². The van der Waals surface area contributed by atoms with Crippen LogP contribution in [0.25, 0.3) is 0 Å². The summed E-state index contributed by atoms with van der Waals surface area (Å²) in [5, 5.41) is 0.0507. The van der Waals surface area contributed by atoms with Crippen LogP contribution in [0.2, 0.25) is 40.2 Å². The lowest BCUT2D eigenvalue weighted by Gasteiger charge is -2.12. The maximum absolute atomic E-state index is 12.9. The number of aliphatic imine (C=N–C) groups is 2. The van der Waals surface area contributed by atoms with E-state index in [1.165, 1.54) is 23.9 Å². The fourth-order valence-electron chi connectivity index (χ4n) is 4.09. The predicted octanol–water partition coefficient (Wildman–Crippen LogP) is 9.24. The SMILES string of the molecule is CN1C(=O)c2c(Cl)c(Cl)c(Cl)c(Cl)c2C1=Nc1cccc(N=C2c3c(Cl)c(Cl)c(Cl)c(Cl)c3C(=O)N2C)c1. The number of nitrogens with zero attached hydrogens (tertiary/aromatic N) is 4. The molecule has 0 saturated carbocycles. The number of amides is 2. The zero-order valence-electron chi connectivity index (χ0n) is 18.9. The lowest BCUT2D eigenvalue weighted by atomic mass is 10.1. The molecule has 6 nitrogen and oxygen atoms in total. The fourth-order valence-corrected chi connectivity index (χ4v) is 6.12. The highest BCUT2D eigenvalue weighted by molar-refractivity contribution is 6.56. The van der Waals surface area contributed by atoms with Crippen molar-refractivity contribution in [2.75, 3.05) is 14.1 Å². The largest absolute Gasteiger partial charge is 0.295 e. The van der Waals surface area contributed by atoms with Gasteiger partial charge in [-0.05, 0) is 18.2 Å². The Kier molecular flexibility index (Phi) is 7.34. The molecule has 2 aliphatic rings. The van der Waals surface area contributed by atoms with E-state index in [1.54, 1.807) is 24.3 Å². The van der Waals surface area contributed by atoms with Gasteiger partial charge in [0.2, 0.25) is 0 Å². The maximum atomic E-state index is 12.9. The Morgan fingerprint density at radius 2 is 0.842 bits per heavy atom. The molecule has 0 aromatic heterocycles. The summed E-state index contributed by atoms with van der Waals surface area (Å²) in [7, 11) is 3.05. The maximum Gasteiger partial charge on any atom is 0.261 e. The molecule has 3 aromatic carbocycles. The van der Waals surface area contributed by atoms with Crippen LogP contribution in [0.1, 0.15) is 31.8 Å². The topological polar surface area (TPSA) is 65.3 Å². The fraction of sp³-hybridized carbons (Fsp3) is 0.0833. The molecule has 194 valence electrons. The molecule has 38 heavy (non-hydrogen) atoms. The van der Waals surface area contributed by atoms with Gasteiger partial charge >= 0.3 is 0 Å². The quantitative estimate of drug-likeness (QED) is 0.202. The monoisotopic (exact) mass is 666 g/mol. The Balaban J connectivity index is 1.64. The molecular formula is C24H10Cl8N4O2. The first kappa shape index (κ1) is 27.8. The zero-order chi connectivity index (χ0) is 27.8. The third-order valence-electron chi connectivity index (χ3n) is 5.95. The number of carbonyl (C=O) groups is 2. The molecule has 2 heterocycles. The van der Waals surface area contributed by atoms with Crippen LogP contribution in [0.15, 0.2) is 34.3 Å². The summed E-state index contributed by atoms with van der Waals surface area (Å²) in [6.45, 7) is 0. The highest BCUT2D eigenvalue weighted by atomic mass is 35.5. The van der Waals surface area contributed by atoms with Crippen LogP contribution in [0, 0.1) is 0 Å². The predicted molar refractivity (Wildman–Crippen MR) is 156 cm³/mol. The van der Waals surface area contributed by atoms with Crippen molar-refractivity contribution in [3.63, 3.8) is 0 Å². The van der Waals surface area contributed by atoms with Gasteiger partial charge in [-0.1, -0.05) is 98.9 Å². The molecule has 2 amide bonds. The molecule has 0 fully saturated rings. The molecule has 2 aliphatic heterocycles. The number of amidine groups is 2. The van der Waals surface area contributed by atoms with Crippen molar-refractivity contribution < 1.29 is 9.59 Å². The Hall–Kier alpha value is -1.74. The summed E-state index contributed by atoms with van der Waals surface area (Å²) >= 11 is 50.3. The van der Waals surface area contributed by atoms with Crippen LogP contribution in [0.5, 0.6) is 0 Å². The van der Waals surface area contributed by atoms with E-state index in [9.17, 15) is 9.59 Å². The third kappa shape index (κ3) is 4.09. The van der Waals surface area contributed by atoms with E-state index in [-0.39, 0.29) is 74.1 Å². The molecule has 0 N–H and O–H groups in total. The standard InChI is InChI=1S/C24H10Cl8N4O2/c1-35-21(9-11(23(35)37)15(27)19(31)17(29)13(9)25)33-7-4-3-5-8(6-7)34-22-10-12(24(38)36(22)2)16(28)20(32)18(30)14(10)26/h3-6H,1-2H3. The van der Waals surface area contributed by atoms with Crippen molar-refractivity contribution in [2.45, 2.75) is 0 Å². The van der Waals surface area contributed by atoms with Gasteiger partial charge < -0.3 is 0 Å². The normalized spacial score (nSPS) is 16.8. The van der Waals surface area contributed by atoms with Gasteiger partial charge in [0.25, 0.3) is 11.8 Å². The smallest absolute Gasteiger partial charge is 0.261 e. The van der Waals surface area contributed by atoms with E-state index in [0.717, 1.165) is 0 Å². The average molecular weight is 670 g/mol. The molecule has 0 bridgehead atoms. The third-order valence-corrected chi connectivity index (χ3v) is 9.56. The van der Waals surface area contributed by atoms with E-state index in [4.69, 9.17) is 92.8 Å². The number of rotatable bonds is 2. The Morgan fingerprint density at radius 1 is 0.526 bits per heavy atom. The van der Waals surface area contributed by atoms with Gasteiger partial charge in [-0.15, -0.1) is 0 Å². The van der Waals surface area contributed by atoms with Gasteiger partial charge in [0.05, 0.1) is 73.8 Å². The Labute approximate surface area is 256 Å². The van der Waals surface area contributed by atoms with Gasteiger partial charge in [-0.25, -0.2) is 9.98 Å². The Morgan fingerprint density at radius 3 is 1.18 bits per heavy atom. The number of benzene rings is 3. The highest BCUT2D eigenvalue weighted by Crippen LogP contribution is 2.46. The molecule has 0 atom stereocenters. The van der Waals surface area contributed by atoms with Crippen LogP contribution < -0.4 is 0 Å². The number of fused-ring (bicyclic) bond motifs is 2. The van der Waals surface area contributed by atoms with Crippen molar-refractivity contribution in [1.29, 1.82) is 0 Å². The number of carbonyl (C=O) groups excluding carboxylic acids is 2. The minimum atomic E-state index is -0.439.